The number of hydrogen-bond donors (Lipinski definition) is 0. The Balaban J connectivity index is 0. The van der Waals surface area contributed by atoms with Crippen LogP contribution < -0.4 is 0 Å². The van der Waals surface area contributed by atoms with Crippen molar-refractivity contribution < 1.29 is 0 Å². The summed E-state index contributed by atoms with van der Waals surface area (Å²) >= 11 is 0. The Hall–Kier alpha value is -0.0831. The molecule has 0 aliphatic rings. The van der Waals surface area contributed by atoms with Gasteiger partial charge in [-0.2, -0.15) is 0 Å². The van der Waals surface area contributed by atoms with Gasteiger partial charge in [0, 0.05) is 18.1 Å². The van der Waals surface area contributed by atoms with Crippen LogP contribution in [0.25, 0.3) is 0 Å². The van der Waals surface area contributed by atoms with Crippen molar-refractivity contribution in [1.82, 2.24) is 4.90 Å². The van der Waals surface area contributed by atoms with Crippen molar-refractivity contribution in [2.75, 3.05) is 0 Å². The highest BCUT2D eigenvalue weighted by Gasteiger charge is 2.16. The van der Waals surface area contributed by atoms with Gasteiger partial charge in [-0.05, 0) is 45.6 Å². The molecule has 1 nitrogen and oxygen atoms in total. The van der Waals surface area contributed by atoms with Crippen molar-refractivity contribution in [3.05, 3.63) is 12.7 Å². The quantitative estimate of drug-likeness (QED) is 0.473. The summed E-state index contributed by atoms with van der Waals surface area (Å²) in [6.45, 7) is 14.9. The third-order valence-electron chi connectivity index (χ3n) is 2.00. The molecule has 0 rings (SSSR count). The molecule has 0 saturated heterocycles. The molecule has 0 aliphatic heterocycles. The van der Waals surface area contributed by atoms with E-state index in [-0.39, 0.29) is 11.0 Å². The first kappa shape index (κ1) is 14.4. The lowest BCUT2D eigenvalue weighted by atomic mass is 10.1. The van der Waals surface area contributed by atoms with Gasteiger partial charge in [-0.25, -0.2) is 0 Å². The normalized spacial score (nSPS) is 13.3. The minimum absolute atomic E-state index is 0. The van der Waals surface area contributed by atoms with Gasteiger partial charge in [0.15, 0.2) is 0 Å². The molecule has 0 saturated carbocycles. The highest BCUT2D eigenvalue weighted by Crippen LogP contribution is 2.10. The molecule has 0 bridgehead atoms. The average Bonchev–Trinajstić information content (AvgIpc) is 1.85. The van der Waals surface area contributed by atoms with Crippen LogP contribution in [0.15, 0.2) is 12.7 Å². The fourth-order valence-corrected chi connectivity index (χ4v) is 1.66. The van der Waals surface area contributed by atoms with Crippen molar-refractivity contribution in [2.45, 2.75) is 52.7 Å². The Bertz CT molecular complexity index is 113. The van der Waals surface area contributed by atoms with Gasteiger partial charge in [0.05, 0.1) is 0 Å². The smallest absolute Gasteiger partial charge is 0.0252 e. The van der Waals surface area contributed by atoms with Crippen LogP contribution >= 0.6 is 0 Å². The summed E-state index contributed by atoms with van der Waals surface area (Å²) in [6, 6.07) is 1.68. The summed E-state index contributed by atoms with van der Waals surface area (Å²) in [7, 11) is 0. The van der Waals surface area contributed by atoms with E-state index in [4.69, 9.17) is 0 Å². The van der Waals surface area contributed by atoms with Gasteiger partial charge in [-0.3, -0.25) is 4.90 Å². The second-order valence-electron chi connectivity index (χ2n) is 3.61. The lowest BCUT2D eigenvalue weighted by Crippen LogP contribution is -2.42. The van der Waals surface area contributed by atoms with Crippen molar-refractivity contribution in [1.29, 1.82) is 0 Å². The minimum Gasteiger partial charge on any atom is -0.292 e. The monoisotopic (exact) mass is 187 g/mol. The first-order valence-electron chi connectivity index (χ1n) is 4.40. The van der Waals surface area contributed by atoms with Crippen molar-refractivity contribution in [2.24, 2.45) is 0 Å². The molecule has 0 fully saturated rings. The third kappa shape index (κ3) is 4.07. The van der Waals surface area contributed by atoms with Gasteiger partial charge < -0.3 is 0 Å². The molecular formula is C10H25NSi. The topological polar surface area (TPSA) is 3.24 Å². The highest BCUT2D eigenvalue weighted by atomic mass is 28.1. The maximum Gasteiger partial charge on any atom is 0.0252 e. The molecule has 0 aromatic carbocycles. The van der Waals surface area contributed by atoms with Crippen molar-refractivity contribution >= 4 is 11.0 Å². The molecule has 2 heteroatoms. The van der Waals surface area contributed by atoms with Gasteiger partial charge in [0.25, 0.3) is 0 Å². The van der Waals surface area contributed by atoms with E-state index >= 15 is 0 Å². The van der Waals surface area contributed by atoms with Gasteiger partial charge in [-0.15, -0.1) is 6.58 Å². The molecule has 0 spiro atoms. The maximum absolute atomic E-state index is 3.80. The van der Waals surface area contributed by atoms with Crippen LogP contribution in [-0.2, 0) is 0 Å². The molecule has 74 valence electrons. The van der Waals surface area contributed by atoms with E-state index in [1.54, 1.807) is 0 Å². The van der Waals surface area contributed by atoms with Crippen LogP contribution in [0.2, 0.25) is 0 Å². The van der Waals surface area contributed by atoms with Crippen molar-refractivity contribution in [3.63, 3.8) is 0 Å². The van der Waals surface area contributed by atoms with Crippen LogP contribution in [0.1, 0.15) is 34.6 Å². The Morgan fingerprint density at radius 3 is 1.42 bits per heavy atom. The van der Waals surface area contributed by atoms with E-state index < -0.39 is 0 Å². The summed E-state index contributed by atoms with van der Waals surface area (Å²) in [5.74, 6) is 0. The van der Waals surface area contributed by atoms with Gasteiger partial charge in [0.1, 0.15) is 0 Å². The van der Waals surface area contributed by atoms with Gasteiger partial charge in [-0.1, -0.05) is 6.08 Å². The number of nitrogens with zero attached hydrogens (tertiary/aromatic N) is 1. The molecule has 0 aromatic rings. The van der Waals surface area contributed by atoms with E-state index in [1.165, 1.54) is 0 Å². The molecule has 0 amide bonds. The SMILES string of the molecule is C=CC(C)N(C(C)C)C(C)C.[SiH4]. The molecule has 1 unspecified atom stereocenters. The first-order chi connectivity index (χ1) is 5.00. The molecule has 0 heterocycles. The molecule has 12 heavy (non-hydrogen) atoms. The van der Waals surface area contributed by atoms with E-state index in [0.29, 0.717) is 18.1 Å². The fraction of sp³-hybridized carbons (Fsp3) is 0.800. The summed E-state index contributed by atoms with van der Waals surface area (Å²) in [4.78, 5) is 2.44. The van der Waals surface area contributed by atoms with E-state index in [2.05, 4.69) is 46.1 Å². The Morgan fingerprint density at radius 1 is 1.00 bits per heavy atom. The van der Waals surface area contributed by atoms with Gasteiger partial charge >= 0.3 is 0 Å². The number of rotatable bonds is 4. The van der Waals surface area contributed by atoms with Crippen LogP contribution in [0.4, 0.5) is 0 Å². The summed E-state index contributed by atoms with van der Waals surface area (Å²) in [5, 5.41) is 0. The van der Waals surface area contributed by atoms with E-state index in [0.717, 1.165) is 0 Å². The largest absolute Gasteiger partial charge is 0.292 e. The van der Waals surface area contributed by atoms with Gasteiger partial charge in [0.2, 0.25) is 0 Å². The second-order valence-corrected chi connectivity index (χ2v) is 3.61. The highest BCUT2D eigenvalue weighted by molar-refractivity contribution is 5.75. The standard InChI is InChI=1S/C10H21N.H4Si/c1-7-10(6)11(8(2)3)9(4)5;/h7-10H,1H2,2-6H3;1H4. The zero-order chi connectivity index (χ0) is 9.02. The third-order valence-corrected chi connectivity index (χ3v) is 2.00. The summed E-state index contributed by atoms with van der Waals surface area (Å²) < 4.78 is 0. The zero-order valence-electron chi connectivity index (χ0n) is 8.46. The molecule has 0 aliphatic carbocycles. The lowest BCUT2D eigenvalue weighted by molar-refractivity contribution is 0.148. The van der Waals surface area contributed by atoms with Crippen LogP contribution in [0.5, 0.6) is 0 Å². The molecule has 1 atom stereocenters. The predicted molar refractivity (Wildman–Crippen MR) is 63.1 cm³/mol. The Kier molecular flexibility index (Phi) is 7.74. The molecular weight excluding hydrogens is 162 g/mol. The lowest BCUT2D eigenvalue weighted by Gasteiger charge is -2.34. The van der Waals surface area contributed by atoms with Crippen LogP contribution in [0.3, 0.4) is 0 Å². The minimum atomic E-state index is 0. The van der Waals surface area contributed by atoms with Crippen molar-refractivity contribution in [3.8, 4) is 0 Å². The van der Waals surface area contributed by atoms with E-state index in [1.807, 2.05) is 6.08 Å². The molecule has 0 radical (unpaired) electrons. The second kappa shape index (κ2) is 6.43. The summed E-state index contributed by atoms with van der Waals surface area (Å²) in [6.07, 6.45) is 2.00. The fourth-order valence-electron chi connectivity index (χ4n) is 1.66. The first-order valence-corrected chi connectivity index (χ1v) is 4.40. The van der Waals surface area contributed by atoms with E-state index in [9.17, 15) is 0 Å². The summed E-state index contributed by atoms with van der Waals surface area (Å²) in [5.41, 5.74) is 0. The molecule has 0 N–H and O–H groups in total. The zero-order valence-corrected chi connectivity index (χ0v) is 8.46. The number of hydrogen-bond acceptors (Lipinski definition) is 1. The Labute approximate surface area is 81.9 Å². The maximum atomic E-state index is 3.80. The van der Waals surface area contributed by atoms with Crippen LogP contribution in [0, 0.1) is 0 Å². The predicted octanol–water partition coefficient (Wildman–Crippen LogP) is 1.23. The molecule has 0 aromatic heterocycles. The van der Waals surface area contributed by atoms with Crippen LogP contribution in [-0.4, -0.2) is 34.0 Å². The Morgan fingerprint density at radius 2 is 1.33 bits per heavy atom. The average molecular weight is 187 g/mol.